The van der Waals surface area contributed by atoms with Gasteiger partial charge >= 0.3 is 0 Å². The summed E-state index contributed by atoms with van der Waals surface area (Å²) in [6, 6.07) is 1.21. The number of hydrogen-bond acceptors (Lipinski definition) is 3. The topological polar surface area (TPSA) is 27.7 Å². The van der Waals surface area contributed by atoms with E-state index in [0.29, 0.717) is 0 Å². The number of ether oxygens (including phenoxy) is 2. The molecule has 0 N–H and O–H groups in total. The average molecular weight is 234 g/mol. The van der Waals surface area contributed by atoms with E-state index in [1.807, 2.05) is 6.92 Å². The molecule has 0 radical (unpaired) electrons. The number of methoxy groups -OCH3 is 2. The lowest BCUT2D eigenvalue weighted by atomic mass is 10.2. The van der Waals surface area contributed by atoms with Crippen LogP contribution in [0.1, 0.15) is 46.0 Å². The maximum Gasteiger partial charge on any atom is 0.269 e. The quantitative estimate of drug-likeness (QED) is 0.330. The summed E-state index contributed by atoms with van der Waals surface area (Å²) < 4.78 is 15.9. The van der Waals surface area contributed by atoms with E-state index in [9.17, 15) is 0 Å². The third-order valence-corrected chi connectivity index (χ3v) is 4.12. The summed E-state index contributed by atoms with van der Waals surface area (Å²) in [5, 5.41) is 0. The van der Waals surface area contributed by atoms with Crippen LogP contribution in [0, 0.1) is 0 Å². The molecule has 3 nitrogen and oxygen atoms in total. The second-order valence-corrected chi connectivity index (χ2v) is 5.29. The Balaban J connectivity index is 3.29. The number of hydrogen-bond donors (Lipinski definition) is 0. The van der Waals surface area contributed by atoms with Gasteiger partial charge in [0.1, 0.15) is 0 Å². The highest BCUT2D eigenvalue weighted by molar-refractivity contribution is 6.27. The molecule has 15 heavy (non-hydrogen) atoms. The van der Waals surface area contributed by atoms with Gasteiger partial charge in [-0.15, -0.1) is 0 Å². The van der Waals surface area contributed by atoms with Gasteiger partial charge in [-0.25, -0.2) is 0 Å². The molecule has 0 aliphatic carbocycles. The lowest BCUT2D eigenvalue weighted by Gasteiger charge is -2.26. The molecule has 0 unspecified atom stereocenters. The molecular weight excluding hydrogens is 208 g/mol. The van der Waals surface area contributed by atoms with Crippen LogP contribution in [0.3, 0.4) is 0 Å². The summed E-state index contributed by atoms with van der Waals surface area (Å²) in [4.78, 5) is 0. The maximum absolute atomic E-state index is 5.63. The van der Waals surface area contributed by atoms with Gasteiger partial charge in [-0.05, 0) is 6.04 Å². The van der Waals surface area contributed by atoms with E-state index < -0.39 is 15.7 Å². The van der Waals surface area contributed by atoms with E-state index in [4.69, 9.17) is 13.9 Å². The van der Waals surface area contributed by atoms with Crippen molar-refractivity contribution in [2.45, 2.75) is 58.0 Å². The van der Waals surface area contributed by atoms with Crippen molar-refractivity contribution >= 4 is 9.76 Å². The van der Waals surface area contributed by atoms with E-state index >= 15 is 0 Å². The summed E-state index contributed by atoms with van der Waals surface area (Å²) in [7, 11) is 2.72. The van der Waals surface area contributed by atoms with Gasteiger partial charge in [0.15, 0.2) is 9.76 Å². The number of unbranched alkanes of at least 4 members (excludes halogenated alkanes) is 4. The Morgan fingerprint density at radius 1 is 1.00 bits per heavy atom. The normalized spacial score (nSPS) is 12.8. The van der Waals surface area contributed by atoms with Crippen LogP contribution >= 0.6 is 0 Å². The van der Waals surface area contributed by atoms with Gasteiger partial charge in [0, 0.05) is 21.1 Å². The van der Waals surface area contributed by atoms with Gasteiger partial charge < -0.3 is 13.9 Å². The molecule has 0 saturated heterocycles. The van der Waals surface area contributed by atoms with Gasteiger partial charge in [-0.3, -0.25) is 0 Å². The molecule has 0 aromatic heterocycles. The first-order chi connectivity index (χ1) is 7.18. The highest BCUT2D eigenvalue weighted by atomic mass is 28.2. The fraction of sp³-hybridized carbons (Fsp3) is 1.00. The molecule has 0 aliphatic heterocycles. The fourth-order valence-corrected chi connectivity index (χ4v) is 2.65. The Bertz CT molecular complexity index is 138. The molecule has 0 bridgehead atoms. The third kappa shape index (κ3) is 7.96. The largest absolute Gasteiger partial charge is 0.376 e. The van der Waals surface area contributed by atoms with Gasteiger partial charge in [0.05, 0.1) is 0 Å². The van der Waals surface area contributed by atoms with Crippen molar-refractivity contribution < 1.29 is 13.9 Å². The molecule has 0 spiro atoms. The Morgan fingerprint density at radius 2 is 1.60 bits per heavy atom. The molecule has 92 valence electrons. The zero-order valence-electron chi connectivity index (χ0n) is 10.7. The van der Waals surface area contributed by atoms with E-state index in [-0.39, 0.29) is 0 Å². The molecule has 0 saturated carbocycles. The van der Waals surface area contributed by atoms with Crippen LogP contribution < -0.4 is 0 Å². The Labute approximate surface area is 96.4 Å². The van der Waals surface area contributed by atoms with Crippen molar-refractivity contribution in [1.29, 1.82) is 0 Å². The van der Waals surface area contributed by atoms with Gasteiger partial charge in [-0.1, -0.05) is 39.0 Å². The first-order valence-electron chi connectivity index (χ1n) is 5.92. The minimum atomic E-state index is -0.810. The highest BCUT2D eigenvalue weighted by Crippen LogP contribution is 2.12. The molecule has 0 heterocycles. The van der Waals surface area contributed by atoms with Crippen LogP contribution in [0.5, 0.6) is 0 Å². The predicted octanol–water partition coefficient (Wildman–Crippen LogP) is 2.44. The zero-order chi connectivity index (χ0) is 11.6. The monoisotopic (exact) mass is 234 g/mol. The van der Waals surface area contributed by atoms with Crippen molar-refractivity contribution in [2.75, 3.05) is 14.2 Å². The number of rotatable bonds is 10. The van der Waals surface area contributed by atoms with Crippen molar-refractivity contribution in [3.05, 3.63) is 0 Å². The molecule has 0 amide bonds. The van der Waals surface area contributed by atoms with Gasteiger partial charge in [-0.2, -0.15) is 0 Å². The van der Waals surface area contributed by atoms with Crippen molar-refractivity contribution in [1.82, 2.24) is 0 Å². The SMILES string of the molecule is CCCCCCC[SiH2]OC(C)(OC)OC. The van der Waals surface area contributed by atoms with E-state index in [1.54, 1.807) is 14.2 Å². The Morgan fingerprint density at radius 3 is 2.13 bits per heavy atom. The lowest BCUT2D eigenvalue weighted by molar-refractivity contribution is -0.310. The average Bonchev–Trinajstić information content (AvgIpc) is 2.27. The molecule has 0 aromatic rings. The molecule has 0 rings (SSSR count). The predicted molar refractivity (Wildman–Crippen MR) is 65.6 cm³/mol. The van der Waals surface area contributed by atoms with Crippen molar-refractivity contribution in [3.8, 4) is 0 Å². The summed E-state index contributed by atoms with van der Waals surface area (Å²) in [6.45, 7) is 4.05. The second-order valence-electron chi connectivity index (χ2n) is 3.89. The molecule has 4 heteroatoms. The summed E-state index contributed by atoms with van der Waals surface area (Å²) in [5.74, 6) is -0.810. The Hall–Kier alpha value is 0.0969. The molecular formula is C11H26O3Si. The summed E-state index contributed by atoms with van der Waals surface area (Å²) in [5.41, 5.74) is 0. The van der Waals surface area contributed by atoms with Gasteiger partial charge in [0.2, 0.25) is 0 Å². The summed E-state index contributed by atoms with van der Waals surface area (Å²) >= 11 is 0. The third-order valence-electron chi connectivity index (χ3n) is 2.60. The van der Waals surface area contributed by atoms with Crippen molar-refractivity contribution in [2.24, 2.45) is 0 Å². The van der Waals surface area contributed by atoms with E-state index in [0.717, 1.165) is 0 Å². The van der Waals surface area contributed by atoms with Crippen molar-refractivity contribution in [3.63, 3.8) is 0 Å². The lowest BCUT2D eigenvalue weighted by Crippen LogP contribution is -2.34. The highest BCUT2D eigenvalue weighted by Gasteiger charge is 2.22. The van der Waals surface area contributed by atoms with E-state index in [2.05, 4.69) is 6.92 Å². The first kappa shape index (κ1) is 15.1. The van der Waals surface area contributed by atoms with Crippen LogP contribution in [0.15, 0.2) is 0 Å². The minimum absolute atomic E-state index is 0.499. The standard InChI is InChI=1S/C11H26O3Si/c1-5-6-7-8-9-10-15-14-11(2,12-3)13-4/h5-10,15H2,1-4H3. The maximum atomic E-state index is 5.63. The Kier molecular flexibility index (Phi) is 9.39. The van der Waals surface area contributed by atoms with E-state index in [1.165, 1.54) is 38.1 Å². The first-order valence-corrected chi connectivity index (χ1v) is 7.50. The van der Waals surface area contributed by atoms with Crippen LogP contribution in [0.2, 0.25) is 6.04 Å². The fourth-order valence-electron chi connectivity index (χ4n) is 1.34. The van der Waals surface area contributed by atoms with Crippen LogP contribution in [-0.2, 0) is 13.9 Å². The van der Waals surface area contributed by atoms with Crippen LogP contribution in [0.25, 0.3) is 0 Å². The van der Waals surface area contributed by atoms with Crippen LogP contribution in [-0.4, -0.2) is 30.0 Å². The molecule has 0 atom stereocenters. The zero-order valence-corrected chi connectivity index (χ0v) is 12.1. The second kappa shape index (κ2) is 9.33. The smallest absolute Gasteiger partial charge is 0.269 e. The molecule has 0 aliphatic rings. The van der Waals surface area contributed by atoms with Crippen LogP contribution in [0.4, 0.5) is 0 Å². The summed E-state index contributed by atoms with van der Waals surface area (Å²) in [6.07, 6.45) is 6.64. The molecule has 0 aromatic carbocycles. The molecule has 0 fully saturated rings. The minimum Gasteiger partial charge on any atom is -0.376 e. The van der Waals surface area contributed by atoms with Gasteiger partial charge in [0.25, 0.3) is 5.97 Å².